The largest absolute Gasteiger partial charge is 0.352 e. The van der Waals surface area contributed by atoms with E-state index in [1.807, 2.05) is 0 Å². The minimum Gasteiger partial charge on any atom is -0.352 e. The SMILES string of the molecule is O=C(NCc1ccc(F)cc1)C1CCN(S(=O)(=O)c2ccc3[nH]c(=O)sc3c2)CC1. The normalized spacial score (nSPS) is 16.0. The molecule has 0 atom stereocenters. The molecule has 0 radical (unpaired) electrons. The fourth-order valence-corrected chi connectivity index (χ4v) is 5.88. The molecule has 1 aliphatic rings. The second-order valence-corrected chi connectivity index (χ2v) is 10.1. The number of aromatic amines is 1. The Balaban J connectivity index is 1.37. The molecule has 10 heteroatoms. The molecule has 1 fully saturated rings. The Morgan fingerprint density at radius 3 is 2.57 bits per heavy atom. The van der Waals surface area contributed by atoms with Crippen LogP contribution in [0.15, 0.2) is 52.2 Å². The van der Waals surface area contributed by atoms with Crippen LogP contribution >= 0.6 is 11.3 Å². The Morgan fingerprint density at radius 2 is 1.87 bits per heavy atom. The van der Waals surface area contributed by atoms with Gasteiger partial charge in [-0.25, -0.2) is 12.8 Å². The molecule has 2 N–H and O–H groups in total. The summed E-state index contributed by atoms with van der Waals surface area (Å²) in [5, 5.41) is 2.83. The van der Waals surface area contributed by atoms with Crippen molar-refractivity contribution in [2.45, 2.75) is 24.3 Å². The number of H-pyrrole nitrogens is 1. The van der Waals surface area contributed by atoms with E-state index in [2.05, 4.69) is 10.3 Å². The van der Waals surface area contributed by atoms with E-state index >= 15 is 0 Å². The number of amides is 1. The fraction of sp³-hybridized carbons (Fsp3) is 0.300. The van der Waals surface area contributed by atoms with Crippen LogP contribution in [0, 0.1) is 11.7 Å². The maximum atomic E-state index is 13.0. The molecule has 1 aliphatic heterocycles. The summed E-state index contributed by atoms with van der Waals surface area (Å²) < 4.78 is 40.9. The van der Waals surface area contributed by atoms with Crippen molar-refractivity contribution in [3.05, 3.63) is 63.5 Å². The van der Waals surface area contributed by atoms with E-state index < -0.39 is 10.0 Å². The number of rotatable bonds is 5. The van der Waals surface area contributed by atoms with Crippen LogP contribution < -0.4 is 10.2 Å². The van der Waals surface area contributed by atoms with Gasteiger partial charge in [-0.3, -0.25) is 9.59 Å². The fourth-order valence-electron chi connectivity index (χ4n) is 3.53. The molecule has 4 rings (SSSR count). The van der Waals surface area contributed by atoms with Gasteiger partial charge in [0, 0.05) is 25.6 Å². The van der Waals surface area contributed by atoms with Crippen LogP contribution in [0.2, 0.25) is 0 Å². The zero-order valence-corrected chi connectivity index (χ0v) is 17.6. The Morgan fingerprint density at radius 1 is 1.17 bits per heavy atom. The van der Waals surface area contributed by atoms with Crippen LogP contribution in [0.3, 0.4) is 0 Å². The number of carbonyl (C=O) groups is 1. The highest BCUT2D eigenvalue weighted by molar-refractivity contribution is 7.89. The van der Waals surface area contributed by atoms with Gasteiger partial charge in [-0.2, -0.15) is 4.31 Å². The lowest BCUT2D eigenvalue weighted by molar-refractivity contribution is -0.126. The molecule has 0 unspecified atom stereocenters. The number of halogens is 1. The Labute approximate surface area is 176 Å². The first kappa shape index (κ1) is 20.7. The monoisotopic (exact) mass is 449 g/mol. The van der Waals surface area contributed by atoms with Gasteiger partial charge in [0.25, 0.3) is 0 Å². The summed E-state index contributed by atoms with van der Waals surface area (Å²) in [6.45, 7) is 0.800. The second kappa shape index (κ2) is 8.29. The summed E-state index contributed by atoms with van der Waals surface area (Å²) in [7, 11) is -3.70. The zero-order chi connectivity index (χ0) is 21.3. The topological polar surface area (TPSA) is 99.3 Å². The molecule has 0 aliphatic carbocycles. The van der Waals surface area contributed by atoms with Crippen molar-refractivity contribution in [1.29, 1.82) is 0 Å². The summed E-state index contributed by atoms with van der Waals surface area (Å²) in [4.78, 5) is 26.5. The predicted octanol–water partition coefficient (Wildman–Crippen LogP) is 2.45. The molecule has 1 saturated heterocycles. The minimum atomic E-state index is -3.70. The number of aromatic nitrogens is 1. The summed E-state index contributed by atoms with van der Waals surface area (Å²) in [5.74, 6) is -0.729. The van der Waals surface area contributed by atoms with Crippen LogP contribution in [-0.2, 0) is 21.4 Å². The molecule has 0 spiro atoms. The van der Waals surface area contributed by atoms with Crippen molar-refractivity contribution in [3.8, 4) is 0 Å². The predicted molar refractivity (Wildman–Crippen MR) is 112 cm³/mol. The van der Waals surface area contributed by atoms with Crippen molar-refractivity contribution in [2.75, 3.05) is 13.1 Å². The molecular formula is C20H20FN3O4S2. The summed E-state index contributed by atoms with van der Waals surface area (Å²) in [5.41, 5.74) is 1.41. The zero-order valence-electron chi connectivity index (χ0n) is 15.9. The molecule has 1 amide bonds. The molecule has 0 bridgehead atoms. The van der Waals surface area contributed by atoms with Gasteiger partial charge in [0.1, 0.15) is 5.82 Å². The van der Waals surface area contributed by atoms with Crippen LogP contribution in [-0.4, -0.2) is 36.7 Å². The number of nitrogens with zero attached hydrogens (tertiary/aromatic N) is 1. The number of sulfonamides is 1. The van der Waals surface area contributed by atoms with Crippen LogP contribution in [0.5, 0.6) is 0 Å². The first-order valence-electron chi connectivity index (χ1n) is 9.48. The molecule has 158 valence electrons. The van der Waals surface area contributed by atoms with Gasteiger partial charge in [-0.15, -0.1) is 0 Å². The average Bonchev–Trinajstić information content (AvgIpc) is 3.12. The second-order valence-electron chi connectivity index (χ2n) is 7.20. The molecule has 2 heterocycles. The lowest BCUT2D eigenvalue weighted by Crippen LogP contribution is -2.42. The third-order valence-electron chi connectivity index (χ3n) is 5.23. The van der Waals surface area contributed by atoms with E-state index in [4.69, 9.17) is 0 Å². The number of fused-ring (bicyclic) bond motifs is 1. The molecule has 7 nitrogen and oxygen atoms in total. The maximum Gasteiger partial charge on any atom is 0.305 e. The lowest BCUT2D eigenvalue weighted by Gasteiger charge is -2.30. The highest BCUT2D eigenvalue weighted by Gasteiger charge is 2.32. The summed E-state index contributed by atoms with van der Waals surface area (Å²) >= 11 is 0.970. The number of benzene rings is 2. The van der Waals surface area contributed by atoms with Gasteiger partial charge < -0.3 is 10.3 Å². The van der Waals surface area contributed by atoms with Gasteiger partial charge in [0.15, 0.2) is 0 Å². The van der Waals surface area contributed by atoms with Crippen molar-refractivity contribution < 1.29 is 17.6 Å². The highest BCUT2D eigenvalue weighted by Crippen LogP contribution is 2.26. The molecule has 1 aromatic heterocycles. The van der Waals surface area contributed by atoms with Crippen LogP contribution in [0.25, 0.3) is 10.2 Å². The van der Waals surface area contributed by atoms with Gasteiger partial charge in [0.05, 0.1) is 15.1 Å². The van der Waals surface area contributed by atoms with E-state index in [1.54, 1.807) is 18.2 Å². The Hall–Kier alpha value is -2.56. The summed E-state index contributed by atoms with van der Waals surface area (Å²) in [6.07, 6.45) is 0.850. The number of hydrogen-bond donors (Lipinski definition) is 2. The van der Waals surface area contributed by atoms with Gasteiger partial charge in [0.2, 0.25) is 15.9 Å². The molecule has 30 heavy (non-hydrogen) atoms. The van der Waals surface area contributed by atoms with E-state index in [0.717, 1.165) is 16.9 Å². The molecule has 0 saturated carbocycles. The maximum absolute atomic E-state index is 13.0. The van der Waals surface area contributed by atoms with Gasteiger partial charge >= 0.3 is 4.87 Å². The number of thiazole rings is 1. The van der Waals surface area contributed by atoms with E-state index in [-0.39, 0.29) is 40.5 Å². The number of carbonyl (C=O) groups excluding carboxylic acids is 1. The lowest BCUT2D eigenvalue weighted by atomic mass is 9.97. The van der Waals surface area contributed by atoms with Gasteiger partial charge in [-0.1, -0.05) is 23.5 Å². The summed E-state index contributed by atoms with van der Waals surface area (Å²) in [6, 6.07) is 10.5. The highest BCUT2D eigenvalue weighted by atomic mass is 32.2. The van der Waals surface area contributed by atoms with Crippen LogP contribution in [0.1, 0.15) is 18.4 Å². The van der Waals surface area contributed by atoms with E-state index in [9.17, 15) is 22.4 Å². The van der Waals surface area contributed by atoms with Crippen molar-refractivity contribution in [1.82, 2.24) is 14.6 Å². The first-order chi connectivity index (χ1) is 14.3. The number of nitrogens with one attached hydrogen (secondary N) is 2. The average molecular weight is 450 g/mol. The quantitative estimate of drug-likeness (QED) is 0.625. The Kier molecular flexibility index (Phi) is 5.72. The molecular weight excluding hydrogens is 429 g/mol. The van der Waals surface area contributed by atoms with E-state index in [1.165, 1.54) is 28.6 Å². The van der Waals surface area contributed by atoms with Crippen molar-refractivity contribution in [2.24, 2.45) is 5.92 Å². The smallest absolute Gasteiger partial charge is 0.305 e. The van der Waals surface area contributed by atoms with E-state index in [0.29, 0.717) is 29.6 Å². The van der Waals surface area contributed by atoms with Crippen LogP contribution in [0.4, 0.5) is 4.39 Å². The third-order valence-corrected chi connectivity index (χ3v) is 7.97. The number of piperidine rings is 1. The van der Waals surface area contributed by atoms with Crippen molar-refractivity contribution in [3.63, 3.8) is 0 Å². The molecule has 3 aromatic rings. The third kappa shape index (κ3) is 4.30. The minimum absolute atomic E-state index is 0.130. The molecule has 2 aromatic carbocycles. The van der Waals surface area contributed by atoms with Gasteiger partial charge in [-0.05, 0) is 48.7 Å². The van der Waals surface area contributed by atoms with Crippen molar-refractivity contribution >= 4 is 37.5 Å². The number of hydrogen-bond acceptors (Lipinski definition) is 5. The Bertz CT molecular complexity index is 1230. The standard InChI is InChI=1S/C20H20FN3O4S2/c21-15-3-1-13(2-4-15)12-22-19(25)14-7-9-24(10-8-14)30(27,28)16-5-6-17-18(11-16)29-20(26)23-17/h1-6,11,14H,7-10,12H2,(H,22,25)(H,23,26). The first-order valence-corrected chi connectivity index (χ1v) is 11.7.